The van der Waals surface area contributed by atoms with E-state index >= 15 is 0 Å². The Bertz CT molecular complexity index is 3230. The summed E-state index contributed by atoms with van der Waals surface area (Å²) in [5, 5.41) is 7.44. The van der Waals surface area contributed by atoms with Gasteiger partial charge in [-0.05, 0) is 92.7 Å². The molecule has 0 bridgehead atoms. The molecule has 58 heavy (non-hydrogen) atoms. The van der Waals surface area contributed by atoms with Crippen LogP contribution in [0.25, 0.3) is 82.4 Å². The lowest BCUT2D eigenvalue weighted by Gasteiger charge is -2.27. The maximum Gasteiger partial charge on any atom is 0.0619 e. The molecule has 0 aliphatic rings. The van der Waals surface area contributed by atoms with Crippen molar-refractivity contribution < 1.29 is 0 Å². The van der Waals surface area contributed by atoms with E-state index in [2.05, 4.69) is 240 Å². The van der Waals surface area contributed by atoms with Gasteiger partial charge in [-0.1, -0.05) is 182 Å². The second kappa shape index (κ2) is 14.1. The molecular formula is C56H38N2. The molecule has 1 heterocycles. The fourth-order valence-electron chi connectivity index (χ4n) is 8.73. The topological polar surface area (TPSA) is 8.17 Å². The highest BCUT2D eigenvalue weighted by Crippen LogP contribution is 2.42. The van der Waals surface area contributed by atoms with Crippen molar-refractivity contribution in [3.8, 4) is 39.1 Å². The first-order valence-electron chi connectivity index (χ1n) is 19.9. The Hall–Kier alpha value is -7.68. The van der Waals surface area contributed by atoms with Crippen molar-refractivity contribution in [1.82, 2.24) is 4.57 Å². The highest BCUT2D eigenvalue weighted by Gasteiger charge is 2.18. The molecule has 0 saturated carbocycles. The molecule has 11 rings (SSSR count). The van der Waals surface area contributed by atoms with Gasteiger partial charge in [0.25, 0.3) is 0 Å². The largest absolute Gasteiger partial charge is 0.310 e. The lowest BCUT2D eigenvalue weighted by atomic mass is 9.99. The summed E-state index contributed by atoms with van der Waals surface area (Å²) in [6.45, 7) is 0. The second-order valence-corrected chi connectivity index (χ2v) is 15.0. The van der Waals surface area contributed by atoms with E-state index in [9.17, 15) is 0 Å². The lowest BCUT2D eigenvalue weighted by molar-refractivity contribution is 1.19. The fourth-order valence-corrected chi connectivity index (χ4v) is 8.73. The average Bonchev–Trinajstić information content (AvgIpc) is 3.64. The molecule has 0 amide bonds. The lowest BCUT2D eigenvalue weighted by Crippen LogP contribution is -2.10. The van der Waals surface area contributed by atoms with Crippen LogP contribution in [0.5, 0.6) is 0 Å². The van der Waals surface area contributed by atoms with Gasteiger partial charge in [0.05, 0.1) is 16.7 Å². The van der Waals surface area contributed by atoms with Crippen LogP contribution >= 0.6 is 0 Å². The average molecular weight is 739 g/mol. The highest BCUT2D eigenvalue weighted by molar-refractivity contribution is 6.19. The van der Waals surface area contributed by atoms with Crippen LogP contribution in [-0.2, 0) is 0 Å². The van der Waals surface area contributed by atoms with Crippen molar-refractivity contribution >= 4 is 60.4 Å². The third-order valence-electron chi connectivity index (χ3n) is 11.6. The predicted molar refractivity (Wildman–Crippen MR) is 247 cm³/mol. The van der Waals surface area contributed by atoms with Gasteiger partial charge in [0.15, 0.2) is 0 Å². The van der Waals surface area contributed by atoms with Crippen molar-refractivity contribution in [2.24, 2.45) is 0 Å². The van der Waals surface area contributed by atoms with Gasteiger partial charge in [0, 0.05) is 38.6 Å². The molecule has 0 saturated heterocycles. The third-order valence-corrected chi connectivity index (χ3v) is 11.6. The zero-order chi connectivity index (χ0) is 38.4. The summed E-state index contributed by atoms with van der Waals surface area (Å²) in [6, 6.07) is 83.6. The summed E-state index contributed by atoms with van der Waals surface area (Å²) in [6.07, 6.45) is 0. The van der Waals surface area contributed by atoms with E-state index in [1.807, 2.05) is 0 Å². The summed E-state index contributed by atoms with van der Waals surface area (Å²) < 4.78 is 2.44. The molecule has 0 spiro atoms. The van der Waals surface area contributed by atoms with Crippen LogP contribution in [0.4, 0.5) is 17.1 Å². The van der Waals surface area contributed by atoms with Crippen molar-refractivity contribution in [2.75, 3.05) is 4.90 Å². The molecule has 272 valence electrons. The van der Waals surface area contributed by atoms with E-state index in [1.54, 1.807) is 0 Å². The first kappa shape index (κ1) is 33.6. The van der Waals surface area contributed by atoms with Gasteiger partial charge >= 0.3 is 0 Å². The molecule has 2 nitrogen and oxygen atoms in total. The number of aromatic nitrogens is 1. The predicted octanol–water partition coefficient (Wildman–Crippen LogP) is 15.6. The third kappa shape index (κ3) is 5.82. The Morgan fingerprint density at radius 2 is 0.759 bits per heavy atom. The number of rotatable bonds is 7. The standard InChI is InChI=1S/C56H38N2/c1-3-12-39(13-4-1)40-22-24-41(25-23-40)42-26-32-48(33-27-42)57(54-21-11-16-44-14-7-9-19-50(44)54)49-34-28-43(29-35-49)46-31-36-52-53-37-30-45-15-8-10-20-51(45)56(53)58(55(52)38-46)47-17-5-2-6-18-47/h1-38H. The van der Waals surface area contributed by atoms with E-state index < -0.39 is 0 Å². The van der Waals surface area contributed by atoms with Crippen LogP contribution in [0.15, 0.2) is 231 Å². The number of para-hydroxylation sites is 1. The van der Waals surface area contributed by atoms with Crippen LogP contribution < -0.4 is 4.90 Å². The molecule has 0 radical (unpaired) electrons. The SMILES string of the molecule is c1ccc(-c2ccc(-c3ccc(N(c4ccc(-c5ccc6c7ccc8ccccc8c7n(-c7ccccc7)c6c5)cc4)c4cccc5ccccc45)cc3)cc2)cc1. The van der Waals surface area contributed by atoms with Gasteiger partial charge < -0.3 is 9.47 Å². The van der Waals surface area contributed by atoms with Crippen molar-refractivity contribution in [3.05, 3.63) is 231 Å². The maximum atomic E-state index is 2.44. The van der Waals surface area contributed by atoms with Crippen LogP contribution in [0.3, 0.4) is 0 Å². The summed E-state index contributed by atoms with van der Waals surface area (Å²) in [7, 11) is 0. The van der Waals surface area contributed by atoms with Gasteiger partial charge in [0.2, 0.25) is 0 Å². The fraction of sp³-hybridized carbons (Fsp3) is 0. The first-order chi connectivity index (χ1) is 28.8. The Labute approximate surface area is 338 Å². The molecule has 0 fully saturated rings. The molecule has 0 aliphatic carbocycles. The normalized spacial score (nSPS) is 11.4. The minimum atomic E-state index is 1.10. The van der Waals surface area contributed by atoms with Crippen molar-refractivity contribution in [3.63, 3.8) is 0 Å². The smallest absolute Gasteiger partial charge is 0.0619 e. The van der Waals surface area contributed by atoms with Gasteiger partial charge in [0.1, 0.15) is 0 Å². The molecule has 0 unspecified atom stereocenters. The van der Waals surface area contributed by atoms with Crippen molar-refractivity contribution in [1.29, 1.82) is 0 Å². The zero-order valence-corrected chi connectivity index (χ0v) is 31.8. The van der Waals surface area contributed by atoms with Gasteiger partial charge in [-0.25, -0.2) is 0 Å². The number of nitrogens with zero attached hydrogens (tertiary/aromatic N) is 2. The first-order valence-corrected chi connectivity index (χ1v) is 19.9. The number of hydrogen-bond acceptors (Lipinski definition) is 1. The molecule has 0 aliphatic heterocycles. The minimum absolute atomic E-state index is 1.10. The summed E-state index contributed by atoms with van der Waals surface area (Å²) in [5.41, 5.74) is 14.1. The van der Waals surface area contributed by atoms with E-state index in [1.165, 1.54) is 76.7 Å². The van der Waals surface area contributed by atoms with E-state index in [0.29, 0.717) is 0 Å². The monoisotopic (exact) mass is 738 g/mol. The summed E-state index contributed by atoms with van der Waals surface area (Å²) >= 11 is 0. The van der Waals surface area contributed by atoms with Gasteiger partial charge in [-0.15, -0.1) is 0 Å². The summed E-state index contributed by atoms with van der Waals surface area (Å²) in [4.78, 5) is 2.38. The Balaban J connectivity index is 0.997. The minimum Gasteiger partial charge on any atom is -0.310 e. The molecule has 2 heteroatoms. The second-order valence-electron chi connectivity index (χ2n) is 15.0. The molecular weight excluding hydrogens is 701 g/mol. The van der Waals surface area contributed by atoms with Gasteiger partial charge in [-0.2, -0.15) is 0 Å². The quantitative estimate of drug-likeness (QED) is 0.158. The van der Waals surface area contributed by atoms with Crippen LogP contribution in [0.1, 0.15) is 0 Å². The number of anilines is 3. The highest BCUT2D eigenvalue weighted by atomic mass is 15.1. The Morgan fingerprint density at radius 1 is 0.293 bits per heavy atom. The molecule has 11 aromatic rings. The van der Waals surface area contributed by atoms with E-state index in [-0.39, 0.29) is 0 Å². The van der Waals surface area contributed by atoms with E-state index in [0.717, 1.165) is 22.7 Å². The Kier molecular flexibility index (Phi) is 8.19. The number of benzene rings is 10. The molecule has 10 aromatic carbocycles. The molecule has 0 atom stereocenters. The zero-order valence-electron chi connectivity index (χ0n) is 31.8. The summed E-state index contributed by atoms with van der Waals surface area (Å²) in [5.74, 6) is 0. The van der Waals surface area contributed by atoms with E-state index in [4.69, 9.17) is 0 Å². The van der Waals surface area contributed by atoms with Crippen molar-refractivity contribution in [2.45, 2.75) is 0 Å². The molecule has 0 N–H and O–H groups in total. The number of hydrogen-bond donors (Lipinski definition) is 0. The van der Waals surface area contributed by atoms with Gasteiger partial charge in [-0.3, -0.25) is 0 Å². The van der Waals surface area contributed by atoms with Crippen LogP contribution in [0, 0.1) is 0 Å². The maximum absolute atomic E-state index is 2.44. The molecule has 1 aromatic heterocycles. The Morgan fingerprint density at radius 3 is 1.41 bits per heavy atom. The van der Waals surface area contributed by atoms with Crippen LogP contribution in [0.2, 0.25) is 0 Å². The number of fused-ring (bicyclic) bond motifs is 6. The van der Waals surface area contributed by atoms with Crippen LogP contribution in [-0.4, -0.2) is 4.57 Å².